The zero-order valence-electron chi connectivity index (χ0n) is 12.9. The number of rotatable bonds is 5. The second-order valence-corrected chi connectivity index (χ2v) is 5.00. The summed E-state index contributed by atoms with van der Waals surface area (Å²) in [5, 5.41) is 20.2. The molecule has 0 saturated carbocycles. The van der Waals surface area contributed by atoms with E-state index in [0.29, 0.717) is 18.0 Å². The van der Waals surface area contributed by atoms with Crippen molar-refractivity contribution in [1.82, 2.24) is 10.2 Å². The van der Waals surface area contributed by atoms with Crippen molar-refractivity contribution in [3.8, 4) is 17.2 Å². The van der Waals surface area contributed by atoms with Crippen LogP contribution in [0, 0.1) is 0 Å². The summed E-state index contributed by atoms with van der Waals surface area (Å²) in [6, 6.07) is 13.8. The maximum atomic E-state index is 11.4. The van der Waals surface area contributed by atoms with Crippen molar-refractivity contribution in [3.05, 3.63) is 59.7 Å². The zero-order chi connectivity index (χ0) is 16.9. The Bertz CT molecular complexity index is 826. The smallest absolute Gasteiger partial charge is 0.337 e. The highest BCUT2D eigenvalue weighted by Crippen LogP contribution is 2.22. The Morgan fingerprint density at radius 3 is 2.50 bits per heavy atom. The minimum atomic E-state index is -0.370. The van der Waals surface area contributed by atoms with Crippen LogP contribution in [0.5, 0.6) is 5.75 Å². The second kappa shape index (κ2) is 6.82. The molecule has 7 heteroatoms. The molecule has 0 bridgehead atoms. The van der Waals surface area contributed by atoms with Gasteiger partial charge in [0.1, 0.15) is 5.75 Å². The zero-order valence-corrected chi connectivity index (χ0v) is 12.9. The fourth-order valence-corrected chi connectivity index (χ4v) is 2.07. The van der Waals surface area contributed by atoms with Gasteiger partial charge in [-0.2, -0.15) is 0 Å². The molecule has 0 aliphatic rings. The Kier molecular flexibility index (Phi) is 4.42. The van der Waals surface area contributed by atoms with E-state index in [1.54, 1.807) is 36.4 Å². The molecule has 2 aromatic carbocycles. The van der Waals surface area contributed by atoms with Gasteiger partial charge in [-0.25, -0.2) is 4.79 Å². The Hall–Kier alpha value is -3.35. The van der Waals surface area contributed by atoms with Crippen LogP contribution in [0.25, 0.3) is 11.5 Å². The minimum Gasteiger partial charge on any atom is -0.508 e. The van der Waals surface area contributed by atoms with Gasteiger partial charge in [0.05, 0.1) is 12.7 Å². The van der Waals surface area contributed by atoms with Gasteiger partial charge in [0.25, 0.3) is 0 Å². The Morgan fingerprint density at radius 2 is 1.83 bits per heavy atom. The van der Waals surface area contributed by atoms with Gasteiger partial charge in [-0.1, -0.05) is 17.2 Å². The Labute approximate surface area is 137 Å². The molecule has 7 nitrogen and oxygen atoms in total. The number of anilines is 1. The monoisotopic (exact) mass is 325 g/mol. The van der Waals surface area contributed by atoms with Gasteiger partial charge in [0.2, 0.25) is 5.89 Å². The fourth-order valence-electron chi connectivity index (χ4n) is 2.07. The minimum absolute atomic E-state index is 0.173. The molecule has 0 amide bonds. The molecule has 0 fully saturated rings. The van der Waals surface area contributed by atoms with Gasteiger partial charge < -0.3 is 19.6 Å². The van der Waals surface area contributed by atoms with E-state index in [4.69, 9.17) is 4.42 Å². The van der Waals surface area contributed by atoms with Crippen LogP contribution >= 0.6 is 0 Å². The van der Waals surface area contributed by atoms with E-state index < -0.39 is 0 Å². The van der Waals surface area contributed by atoms with E-state index in [0.717, 1.165) is 11.1 Å². The number of hydrogen-bond acceptors (Lipinski definition) is 7. The number of carbonyl (C=O) groups is 1. The van der Waals surface area contributed by atoms with Crippen LogP contribution in [0.2, 0.25) is 0 Å². The number of hydrogen-bond donors (Lipinski definition) is 2. The predicted octanol–water partition coefficient (Wildman–Crippen LogP) is 2.84. The maximum absolute atomic E-state index is 11.4. The number of ether oxygens (including phenoxy) is 1. The molecule has 1 aromatic heterocycles. The van der Waals surface area contributed by atoms with Gasteiger partial charge in [0, 0.05) is 12.1 Å². The van der Waals surface area contributed by atoms with Gasteiger partial charge in [-0.15, -0.1) is 5.10 Å². The van der Waals surface area contributed by atoms with E-state index in [9.17, 15) is 9.90 Å². The molecule has 3 rings (SSSR count). The van der Waals surface area contributed by atoms with Gasteiger partial charge in [0.15, 0.2) is 0 Å². The molecule has 0 atom stereocenters. The average molecular weight is 325 g/mol. The van der Waals surface area contributed by atoms with Gasteiger partial charge in [-0.3, -0.25) is 0 Å². The van der Waals surface area contributed by atoms with E-state index in [-0.39, 0.29) is 17.7 Å². The van der Waals surface area contributed by atoms with Crippen molar-refractivity contribution in [2.75, 3.05) is 12.4 Å². The first-order valence-electron chi connectivity index (χ1n) is 7.20. The number of aromatic nitrogens is 2. The first kappa shape index (κ1) is 15.5. The molecule has 2 N–H and O–H groups in total. The second-order valence-electron chi connectivity index (χ2n) is 5.00. The molecule has 0 aliphatic carbocycles. The van der Waals surface area contributed by atoms with Crippen LogP contribution < -0.4 is 5.32 Å². The topological polar surface area (TPSA) is 97.5 Å². The average Bonchev–Trinajstić information content (AvgIpc) is 3.09. The highest BCUT2D eigenvalue weighted by molar-refractivity contribution is 5.89. The van der Waals surface area contributed by atoms with E-state index in [1.807, 2.05) is 12.1 Å². The van der Waals surface area contributed by atoms with Crippen molar-refractivity contribution in [2.45, 2.75) is 6.54 Å². The molecule has 0 spiro atoms. The molecule has 0 aliphatic heterocycles. The largest absolute Gasteiger partial charge is 0.508 e. The number of carbonyl (C=O) groups excluding carboxylic acids is 1. The highest BCUT2D eigenvalue weighted by atomic mass is 16.5. The number of phenolic OH excluding ortho intramolecular Hbond substituents is 1. The quantitative estimate of drug-likeness (QED) is 0.696. The van der Waals surface area contributed by atoms with E-state index in [1.165, 1.54) is 7.11 Å². The van der Waals surface area contributed by atoms with Crippen LogP contribution in [0.4, 0.5) is 6.01 Å². The highest BCUT2D eigenvalue weighted by Gasteiger charge is 2.09. The van der Waals surface area contributed by atoms with Crippen molar-refractivity contribution < 1.29 is 19.1 Å². The fraction of sp³-hybridized carbons (Fsp3) is 0.118. The van der Waals surface area contributed by atoms with Gasteiger partial charge in [-0.05, 0) is 42.0 Å². The molecule has 122 valence electrons. The third-order valence-corrected chi connectivity index (χ3v) is 3.36. The first-order valence-corrected chi connectivity index (χ1v) is 7.20. The summed E-state index contributed by atoms with van der Waals surface area (Å²) in [7, 11) is 1.35. The summed E-state index contributed by atoms with van der Waals surface area (Å²) < 4.78 is 10.2. The van der Waals surface area contributed by atoms with Crippen LogP contribution in [0.1, 0.15) is 15.9 Å². The number of methoxy groups -OCH3 is 1. The third kappa shape index (κ3) is 3.52. The van der Waals surface area contributed by atoms with Crippen LogP contribution in [0.15, 0.2) is 52.9 Å². The summed E-state index contributed by atoms with van der Waals surface area (Å²) in [4.78, 5) is 11.4. The first-order chi connectivity index (χ1) is 11.7. The Balaban J connectivity index is 1.63. The van der Waals surface area contributed by atoms with E-state index in [2.05, 4.69) is 20.3 Å². The lowest BCUT2D eigenvalue weighted by Crippen LogP contribution is -2.03. The normalized spacial score (nSPS) is 10.4. The lowest BCUT2D eigenvalue weighted by atomic mass is 10.1. The lowest BCUT2D eigenvalue weighted by molar-refractivity contribution is 0.0600. The van der Waals surface area contributed by atoms with E-state index >= 15 is 0 Å². The summed E-state index contributed by atoms with van der Waals surface area (Å²) in [6.45, 7) is 0.471. The molecule has 24 heavy (non-hydrogen) atoms. The number of benzene rings is 2. The SMILES string of the molecule is COC(=O)c1ccc(CNc2nnc(-c3ccc(O)cc3)o2)cc1. The molecular weight excluding hydrogens is 310 g/mol. The maximum Gasteiger partial charge on any atom is 0.337 e. The standard InChI is InChI=1S/C17H15N3O4/c1-23-16(22)13-4-2-11(3-5-13)10-18-17-20-19-15(24-17)12-6-8-14(21)9-7-12/h2-9,21H,10H2,1H3,(H,18,20). The number of nitrogens with one attached hydrogen (secondary N) is 1. The molecule has 0 saturated heterocycles. The van der Waals surface area contributed by atoms with Crippen molar-refractivity contribution in [1.29, 1.82) is 0 Å². The third-order valence-electron chi connectivity index (χ3n) is 3.36. The van der Waals surface area contributed by atoms with Crippen LogP contribution in [-0.2, 0) is 11.3 Å². The van der Waals surface area contributed by atoms with Crippen molar-refractivity contribution in [3.63, 3.8) is 0 Å². The van der Waals surface area contributed by atoms with Crippen LogP contribution in [0.3, 0.4) is 0 Å². The van der Waals surface area contributed by atoms with Crippen molar-refractivity contribution in [2.24, 2.45) is 0 Å². The Morgan fingerprint density at radius 1 is 1.12 bits per heavy atom. The summed E-state index contributed by atoms with van der Waals surface area (Å²) in [5.41, 5.74) is 2.16. The number of phenols is 1. The number of nitrogens with zero attached hydrogens (tertiary/aromatic N) is 2. The predicted molar refractivity (Wildman–Crippen MR) is 86.5 cm³/mol. The molecular formula is C17H15N3O4. The van der Waals surface area contributed by atoms with Crippen LogP contribution in [-0.4, -0.2) is 28.4 Å². The molecule has 0 radical (unpaired) electrons. The summed E-state index contributed by atoms with van der Waals surface area (Å²) >= 11 is 0. The molecule has 1 heterocycles. The number of aromatic hydroxyl groups is 1. The summed E-state index contributed by atoms with van der Waals surface area (Å²) in [6.07, 6.45) is 0. The van der Waals surface area contributed by atoms with Gasteiger partial charge >= 0.3 is 12.0 Å². The number of esters is 1. The molecule has 0 unspecified atom stereocenters. The van der Waals surface area contributed by atoms with Crippen molar-refractivity contribution >= 4 is 12.0 Å². The summed E-state index contributed by atoms with van der Waals surface area (Å²) in [5.74, 6) is 0.163. The lowest BCUT2D eigenvalue weighted by Gasteiger charge is -2.03. The molecule has 3 aromatic rings.